The Hall–Kier alpha value is -1.69. The number of anilines is 1. The highest BCUT2D eigenvalue weighted by atomic mass is 16.3. The number of aliphatic hydroxyl groups is 1. The monoisotopic (exact) mass is 280 g/mol. The largest absolute Gasteiger partial charge is 0.394 e. The fourth-order valence-electron chi connectivity index (χ4n) is 1.57. The summed E-state index contributed by atoms with van der Waals surface area (Å²) in [5.41, 5.74) is 0.742. The minimum absolute atomic E-state index is 0.103. The Bertz CT molecular complexity index is 455. The van der Waals surface area contributed by atoms with Crippen LogP contribution < -0.4 is 10.6 Å². The topological polar surface area (TPSA) is 87.1 Å². The van der Waals surface area contributed by atoms with Crippen molar-refractivity contribution in [3.8, 4) is 0 Å². The maximum absolute atomic E-state index is 11.8. The minimum atomic E-state index is -0.413. The third-order valence-corrected chi connectivity index (χ3v) is 2.97. The van der Waals surface area contributed by atoms with Gasteiger partial charge in [-0.2, -0.15) is 0 Å². The van der Waals surface area contributed by atoms with Gasteiger partial charge >= 0.3 is 6.03 Å². The van der Waals surface area contributed by atoms with Crippen LogP contribution in [0.15, 0.2) is 12.3 Å². The first kappa shape index (κ1) is 16.4. The first-order chi connectivity index (χ1) is 9.24. The zero-order chi connectivity index (χ0) is 15.3. The van der Waals surface area contributed by atoms with Crippen LogP contribution in [0.3, 0.4) is 0 Å². The van der Waals surface area contributed by atoms with Crippen LogP contribution in [0.5, 0.6) is 0 Å². The zero-order valence-electron chi connectivity index (χ0n) is 12.8. The molecule has 0 bridgehead atoms. The average molecular weight is 280 g/mol. The third kappa shape index (κ3) is 4.77. The molecule has 0 saturated heterocycles. The Morgan fingerprint density at radius 1 is 1.40 bits per heavy atom. The number of hydrogen-bond acceptors (Lipinski definition) is 4. The van der Waals surface area contributed by atoms with E-state index in [-0.39, 0.29) is 29.9 Å². The Balaban J connectivity index is 2.71. The van der Waals surface area contributed by atoms with Gasteiger partial charge in [0.15, 0.2) is 0 Å². The summed E-state index contributed by atoms with van der Waals surface area (Å²) in [4.78, 5) is 20.2. The lowest BCUT2D eigenvalue weighted by Crippen LogP contribution is -2.43. The first-order valence-electron chi connectivity index (χ1n) is 6.76. The predicted octanol–water partition coefficient (Wildman–Crippen LogP) is 1.91. The van der Waals surface area contributed by atoms with Gasteiger partial charge in [0.2, 0.25) is 5.95 Å². The van der Waals surface area contributed by atoms with Crippen LogP contribution in [0.2, 0.25) is 0 Å². The molecule has 1 aromatic rings. The van der Waals surface area contributed by atoms with Crippen LogP contribution in [-0.4, -0.2) is 33.8 Å². The van der Waals surface area contributed by atoms with Gasteiger partial charge in [0.25, 0.3) is 0 Å². The molecule has 0 aromatic carbocycles. The van der Waals surface area contributed by atoms with E-state index in [4.69, 9.17) is 0 Å². The molecule has 3 N–H and O–H groups in total. The third-order valence-electron chi connectivity index (χ3n) is 2.97. The molecule has 0 radical (unpaired) electrons. The lowest BCUT2D eigenvalue weighted by molar-refractivity contribution is 0.204. The van der Waals surface area contributed by atoms with E-state index in [1.165, 1.54) is 0 Å². The van der Waals surface area contributed by atoms with E-state index < -0.39 is 6.03 Å². The second kappa shape index (κ2) is 6.65. The summed E-state index contributed by atoms with van der Waals surface area (Å²) in [5.74, 6) is 0.406. The Morgan fingerprint density at radius 2 is 2.05 bits per heavy atom. The van der Waals surface area contributed by atoms with Gasteiger partial charge in [0.1, 0.15) is 0 Å². The van der Waals surface area contributed by atoms with Crippen LogP contribution >= 0.6 is 0 Å². The van der Waals surface area contributed by atoms with Crippen molar-refractivity contribution in [2.45, 2.75) is 46.1 Å². The molecule has 2 amide bonds. The van der Waals surface area contributed by atoms with Gasteiger partial charge in [-0.1, -0.05) is 34.6 Å². The molecule has 0 fully saturated rings. The van der Waals surface area contributed by atoms with Crippen molar-refractivity contribution in [3.63, 3.8) is 0 Å². The minimum Gasteiger partial charge on any atom is -0.394 e. The van der Waals surface area contributed by atoms with Crippen LogP contribution in [0, 0.1) is 5.92 Å². The standard InChI is InChI=1S/C14H24N4O2/c1-9(2)10(8-19)16-13(20)18-12-15-7-6-11(17-12)14(3,4)5/h6-7,9-10,19H,8H2,1-5H3,(H2,15,16,17,18,20)/t10-/m1/s1. The molecule has 6 nitrogen and oxygen atoms in total. The van der Waals surface area contributed by atoms with Crippen molar-refractivity contribution >= 4 is 12.0 Å². The summed E-state index contributed by atoms with van der Waals surface area (Å²) in [6.45, 7) is 9.88. The number of carbonyl (C=O) groups excluding carboxylic acids is 1. The zero-order valence-corrected chi connectivity index (χ0v) is 12.8. The Morgan fingerprint density at radius 3 is 2.55 bits per heavy atom. The van der Waals surface area contributed by atoms with Crippen LogP contribution in [-0.2, 0) is 5.41 Å². The second-order valence-electron chi connectivity index (χ2n) is 6.15. The molecule has 0 spiro atoms. The van der Waals surface area contributed by atoms with Crippen molar-refractivity contribution in [1.29, 1.82) is 0 Å². The van der Waals surface area contributed by atoms with Crippen molar-refractivity contribution in [2.75, 3.05) is 11.9 Å². The molecule has 1 heterocycles. The molecule has 0 aliphatic rings. The fraction of sp³-hybridized carbons (Fsp3) is 0.643. The second-order valence-corrected chi connectivity index (χ2v) is 6.15. The molecule has 1 atom stereocenters. The Kier molecular flexibility index (Phi) is 5.44. The highest BCUT2D eigenvalue weighted by Gasteiger charge is 2.18. The number of carbonyl (C=O) groups is 1. The van der Waals surface area contributed by atoms with E-state index >= 15 is 0 Å². The quantitative estimate of drug-likeness (QED) is 0.786. The summed E-state index contributed by atoms with van der Waals surface area (Å²) >= 11 is 0. The predicted molar refractivity (Wildman–Crippen MR) is 78.6 cm³/mol. The van der Waals surface area contributed by atoms with Gasteiger partial charge in [-0.3, -0.25) is 5.32 Å². The van der Waals surface area contributed by atoms with Crippen molar-refractivity contribution in [1.82, 2.24) is 15.3 Å². The van der Waals surface area contributed by atoms with E-state index in [0.29, 0.717) is 0 Å². The van der Waals surface area contributed by atoms with E-state index in [2.05, 4.69) is 20.6 Å². The lowest BCUT2D eigenvalue weighted by atomic mass is 9.92. The van der Waals surface area contributed by atoms with Crippen LogP contribution in [0.25, 0.3) is 0 Å². The van der Waals surface area contributed by atoms with Crippen molar-refractivity contribution in [2.24, 2.45) is 5.92 Å². The van der Waals surface area contributed by atoms with Crippen LogP contribution in [0.1, 0.15) is 40.3 Å². The number of amides is 2. The number of aliphatic hydroxyl groups excluding tert-OH is 1. The average Bonchev–Trinajstić information content (AvgIpc) is 2.34. The molecule has 0 aliphatic carbocycles. The van der Waals surface area contributed by atoms with E-state index in [0.717, 1.165) is 5.69 Å². The normalized spacial score (nSPS) is 13.2. The molecular weight excluding hydrogens is 256 g/mol. The van der Waals surface area contributed by atoms with E-state index in [1.54, 1.807) is 6.20 Å². The molecule has 6 heteroatoms. The summed E-state index contributed by atoms with van der Waals surface area (Å²) in [7, 11) is 0. The van der Waals surface area contributed by atoms with Gasteiger partial charge in [0, 0.05) is 11.6 Å². The number of hydrogen-bond donors (Lipinski definition) is 3. The molecule has 0 saturated carbocycles. The summed E-state index contributed by atoms with van der Waals surface area (Å²) < 4.78 is 0. The number of nitrogens with one attached hydrogen (secondary N) is 2. The molecule has 0 unspecified atom stereocenters. The number of nitrogens with zero attached hydrogens (tertiary/aromatic N) is 2. The summed E-state index contributed by atoms with van der Waals surface area (Å²) in [5, 5.41) is 14.5. The van der Waals surface area contributed by atoms with Gasteiger partial charge in [-0.05, 0) is 12.0 Å². The first-order valence-corrected chi connectivity index (χ1v) is 6.76. The van der Waals surface area contributed by atoms with Crippen molar-refractivity contribution in [3.05, 3.63) is 18.0 Å². The molecular formula is C14H24N4O2. The van der Waals surface area contributed by atoms with Gasteiger partial charge in [0.05, 0.1) is 18.3 Å². The number of urea groups is 1. The van der Waals surface area contributed by atoms with Crippen LogP contribution in [0.4, 0.5) is 10.7 Å². The smallest absolute Gasteiger partial charge is 0.321 e. The highest BCUT2D eigenvalue weighted by molar-refractivity contribution is 5.87. The fourth-order valence-corrected chi connectivity index (χ4v) is 1.57. The molecule has 0 aliphatic heterocycles. The summed E-state index contributed by atoms with van der Waals surface area (Å²) in [6.07, 6.45) is 1.62. The van der Waals surface area contributed by atoms with Gasteiger partial charge < -0.3 is 10.4 Å². The van der Waals surface area contributed by atoms with Gasteiger partial charge in [-0.15, -0.1) is 0 Å². The maximum Gasteiger partial charge on any atom is 0.321 e. The molecule has 20 heavy (non-hydrogen) atoms. The lowest BCUT2D eigenvalue weighted by Gasteiger charge is -2.20. The Labute approximate surface area is 120 Å². The maximum atomic E-state index is 11.8. The highest BCUT2D eigenvalue weighted by Crippen LogP contribution is 2.20. The van der Waals surface area contributed by atoms with E-state index in [9.17, 15) is 9.90 Å². The SMILES string of the molecule is CC(C)[C@@H](CO)NC(=O)Nc1nccc(C(C)(C)C)n1. The molecule has 1 rings (SSSR count). The van der Waals surface area contributed by atoms with Crippen molar-refractivity contribution < 1.29 is 9.90 Å². The van der Waals surface area contributed by atoms with E-state index in [1.807, 2.05) is 40.7 Å². The molecule has 112 valence electrons. The molecule has 1 aromatic heterocycles. The van der Waals surface area contributed by atoms with Gasteiger partial charge in [-0.25, -0.2) is 14.8 Å². The number of aromatic nitrogens is 2. The number of rotatable bonds is 4. The summed E-state index contributed by atoms with van der Waals surface area (Å²) in [6, 6.07) is 1.12.